The second-order valence-corrected chi connectivity index (χ2v) is 8.70. The standard InChI is InChI=1S/C27H30N2O5/c1-3-33-24-16-20(13-14-23(24)34-17-19-11-9-18(2)10-12-19)15-22-25(30)28-27(32)29(26(22)31)21-7-5-4-6-8-21/h9-16,21H,3-8,17H2,1-2H3,(H,28,30,32). The molecular weight excluding hydrogens is 432 g/mol. The van der Waals surface area contributed by atoms with Gasteiger partial charge < -0.3 is 9.47 Å². The van der Waals surface area contributed by atoms with E-state index in [1.807, 2.05) is 38.1 Å². The van der Waals surface area contributed by atoms with Crippen molar-refractivity contribution < 1.29 is 23.9 Å². The maximum Gasteiger partial charge on any atom is 0.331 e. The fourth-order valence-corrected chi connectivity index (χ4v) is 4.36. The SMILES string of the molecule is CCOc1cc(C=C2C(=O)NC(=O)N(C3CCCCC3)C2=O)ccc1OCc1ccc(C)cc1. The molecular formula is C27H30N2O5. The van der Waals surface area contributed by atoms with Gasteiger partial charge in [0.05, 0.1) is 6.61 Å². The normalized spacial score (nSPS) is 18.2. The van der Waals surface area contributed by atoms with E-state index in [2.05, 4.69) is 5.32 Å². The number of nitrogens with one attached hydrogen (secondary N) is 1. The summed E-state index contributed by atoms with van der Waals surface area (Å²) in [5.74, 6) is -0.131. The van der Waals surface area contributed by atoms with Crippen LogP contribution >= 0.6 is 0 Å². The summed E-state index contributed by atoms with van der Waals surface area (Å²) < 4.78 is 11.7. The van der Waals surface area contributed by atoms with Gasteiger partial charge in [0.2, 0.25) is 0 Å². The molecule has 0 radical (unpaired) electrons. The topological polar surface area (TPSA) is 84.9 Å². The fourth-order valence-electron chi connectivity index (χ4n) is 4.36. The molecule has 0 atom stereocenters. The number of carbonyl (C=O) groups excluding carboxylic acids is 3. The Labute approximate surface area is 199 Å². The number of carbonyl (C=O) groups is 3. The van der Waals surface area contributed by atoms with E-state index in [1.165, 1.54) is 16.5 Å². The molecule has 34 heavy (non-hydrogen) atoms. The first-order valence-electron chi connectivity index (χ1n) is 11.8. The second-order valence-electron chi connectivity index (χ2n) is 8.70. The molecule has 0 aromatic heterocycles. The molecule has 1 heterocycles. The van der Waals surface area contributed by atoms with Crippen LogP contribution in [-0.2, 0) is 16.2 Å². The van der Waals surface area contributed by atoms with Crippen LogP contribution < -0.4 is 14.8 Å². The van der Waals surface area contributed by atoms with Crippen LogP contribution in [0.5, 0.6) is 11.5 Å². The lowest BCUT2D eigenvalue weighted by molar-refractivity contribution is -0.132. The van der Waals surface area contributed by atoms with Crippen molar-refractivity contribution in [3.63, 3.8) is 0 Å². The Kier molecular flexibility index (Phi) is 7.30. The van der Waals surface area contributed by atoms with Crippen molar-refractivity contribution in [1.29, 1.82) is 0 Å². The van der Waals surface area contributed by atoms with Crippen LogP contribution in [0.1, 0.15) is 55.7 Å². The number of amides is 4. The van der Waals surface area contributed by atoms with Crippen LogP contribution in [0.25, 0.3) is 6.08 Å². The lowest BCUT2D eigenvalue weighted by Crippen LogP contribution is -2.58. The van der Waals surface area contributed by atoms with Crippen LogP contribution in [0.15, 0.2) is 48.0 Å². The van der Waals surface area contributed by atoms with Crippen molar-refractivity contribution >= 4 is 23.9 Å². The van der Waals surface area contributed by atoms with Crippen molar-refractivity contribution in [2.45, 2.75) is 58.6 Å². The average Bonchev–Trinajstić information content (AvgIpc) is 2.83. The molecule has 0 bridgehead atoms. The van der Waals surface area contributed by atoms with Crippen molar-refractivity contribution in [2.75, 3.05) is 6.61 Å². The number of urea groups is 1. The van der Waals surface area contributed by atoms with Crippen molar-refractivity contribution in [2.24, 2.45) is 0 Å². The van der Waals surface area contributed by atoms with E-state index in [4.69, 9.17) is 9.47 Å². The van der Waals surface area contributed by atoms with Gasteiger partial charge in [-0.2, -0.15) is 0 Å². The number of benzene rings is 2. The molecule has 0 unspecified atom stereocenters. The number of hydrogen-bond acceptors (Lipinski definition) is 5. The van der Waals surface area contributed by atoms with Crippen LogP contribution in [0.3, 0.4) is 0 Å². The zero-order valence-electron chi connectivity index (χ0n) is 19.6. The Morgan fingerprint density at radius 3 is 2.41 bits per heavy atom. The molecule has 7 heteroatoms. The quantitative estimate of drug-likeness (QED) is 0.473. The summed E-state index contributed by atoms with van der Waals surface area (Å²) in [5, 5.41) is 2.32. The van der Waals surface area contributed by atoms with Gasteiger partial charge in [0, 0.05) is 6.04 Å². The monoisotopic (exact) mass is 462 g/mol. The van der Waals surface area contributed by atoms with Gasteiger partial charge in [-0.1, -0.05) is 55.2 Å². The van der Waals surface area contributed by atoms with Crippen molar-refractivity contribution in [1.82, 2.24) is 10.2 Å². The number of imide groups is 2. The summed E-state index contributed by atoms with van der Waals surface area (Å²) in [4.78, 5) is 39.3. The molecule has 1 saturated heterocycles. The van der Waals surface area contributed by atoms with E-state index in [1.54, 1.807) is 18.2 Å². The maximum atomic E-state index is 13.1. The molecule has 0 spiro atoms. The third-order valence-electron chi connectivity index (χ3n) is 6.17. The first-order chi connectivity index (χ1) is 16.5. The second kappa shape index (κ2) is 10.5. The zero-order valence-corrected chi connectivity index (χ0v) is 19.6. The molecule has 2 fully saturated rings. The highest BCUT2D eigenvalue weighted by Gasteiger charge is 2.40. The summed E-state index contributed by atoms with van der Waals surface area (Å²) in [5.41, 5.74) is 2.78. The van der Waals surface area contributed by atoms with Crippen molar-refractivity contribution in [3.8, 4) is 11.5 Å². The molecule has 4 rings (SSSR count). The summed E-state index contributed by atoms with van der Waals surface area (Å²) in [6.45, 7) is 4.73. The average molecular weight is 463 g/mol. The van der Waals surface area contributed by atoms with Gasteiger partial charge >= 0.3 is 6.03 Å². The molecule has 1 aliphatic heterocycles. The summed E-state index contributed by atoms with van der Waals surface area (Å²) in [6, 6.07) is 12.6. The largest absolute Gasteiger partial charge is 0.490 e. The van der Waals surface area contributed by atoms with Crippen LogP contribution in [0.2, 0.25) is 0 Å². The molecule has 7 nitrogen and oxygen atoms in total. The minimum atomic E-state index is -0.681. The molecule has 1 saturated carbocycles. The van der Waals surface area contributed by atoms with Crippen LogP contribution in [-0.4, -0.2) is 35.4 Å². The van der Waals surface area contributed by atoms with E-state index in [9.17, 15) is 14.4 Å². The Hall–Kier alpha value is -3.61. The predicted molar refractivity (Wildman–Crippen MR) is 128 cm³/mol. The summed E-state index contributed by atoms with van der Waals surface area (Å²) in [7, 11) is 0. The van der Waals surface area contributed by atoms with Crippen LogP contribution in [0, 0.1) is 6.92 Å². The van der Waals surface area contributed by atoms with E-state index < -0.39 is 17.8 Å². The molecule has 2 aromatic rings. The highest BCUT2D eigenvalue weighted by molar-refractivity contribution is 6.31. The summed E-state index contributed by atoms with van der Waals surface area (Å²) >= 11 is 0. The van der Waals surface area contributed by atoms with Crippen molar-refractivity contribution in [3.05, 3.63) is 64.7 Å². The maximum absolute atomic E-state index is 13.1. The van der Waals surface area contributed by atoms with Crippen LogP contribution in [0.4, 0.5) is 4.79 Å². The first-order valence-corrected chi connectivity index (χ1v) is 11.8. The Bertz CT molecular complexity index is 1100. The van der Waals surface area contributed by atoms with E-state index in [0.29, 0.717) is 30.3 Å². The van der Waals surface area contributed by atoms with Gasteiger partial charge in [0.1, 0.15) is 12.2 Å². The van der Waals surface area contributed by atoms with Gasteiger partial charge in [-0.3, -0.25) is 19.8 Å². The fraction of sp³-hybridized carbons (Fsp3) is 0.370. The molecule has 1 aliphatic carbocycles. The van der Waals surface area contributed by atoms with E-state index in [0.717, 1.165) is 37.7 Å². The number of rotatable bonds is 7. The first kappa shape index (κ1) is 23.5. The molecule has 178 valence electrons. The Balaban J connectivity index is 1.56. The van der Waals surface area contributed by atoms with Gasteiger partial charge in [-0.05, 0) is 56.0 Å². The van der Waals surface area contributed by atoms with Gasteiger partial charge in [0.15, 0.2) is 11.5 Å². The molecule has 1 N–H and O–H groups in total. The minimum Gasteiger partial charge on any atom is -0.490 e. The number of nitrogens with zero attached hydrogens (tertiary/aromatic N) is 1. The predicted octanol–water partition coefficient (Wildman–Crippen LogP) is 4.77. The third-order valence-corrected chi connectivity index (χ3v) is 6.17. The smallest absolute Gasteiger partial charge is 0.331 e. The molecule has 2 aromatic carbocycles. The zero-order chi connectivity index (χ0) is 24.1. The van der Waals surface area contributed by atoms with Gasteiger partial charge in [0.25, 0.3) is 11.8 Å². The number of ether oxygens (including phenoxy) is 2. The number of barbiturate groups is 1. The van der Waals surface area contributed by atoms with E-state index >= 15 is 0 Å². The lowest BCUT2D eigenvalue weighted by atomic mass is 9.93. The highest BCUT2D eigenvalue weighted by Crippen LogP contribution is 2.31. The molecule has 4 amide bonds. The number of hydrogen-bond donors (Lipinski definition) is 1. The number of aryl methyl sites for hydroxylation is 1. The minimum absolute atomic E-state index is 0.0547. The van der Waals surface area contributed by atoms with E-state index in [-0.39, 0.29) is 11.6 Å². The Morgan fingerprint density at radius 2 is 1.71 bits per heavy atom. The highest BCUT2D eigenvalue weighted by atomic mass is 16.5. The Morgan fingerprint density at radius 1 is 0.971 bits per heavy atom. The lowest BCUT2D eigenvalue weighted by Gasteiger charge is -2.35. The summed E-state index contributed by atoms with van der Waals surface area (Å²) in [6.07, 6.45) is 6.07. The molecule has 2 aliphatic rings. The third kappa shape index (κ3) is 5.30. The van der Waals surface area contributed by atoms with Gasteiger partial charge in [-0.15, -0.1) is 0 Å². The van der Waals surface area contributed by atoms with Gasteiger partial charge in [-0.25, -0.2) is 4.79 Å².